The molecule has 5 nitrogen and oxygen atoms in total. The number of ether oxygens (including phenoxy) is 1. The van der Waals surface area contributed by atoms with Gasteiger partial charge in [0.05, 0.1) is 17.3 Å². The number of rotatable bonds is 4. The third-order valence-electron chi connectivity index (χ3n) is 4.93. The first kappa shape index (κ1) is 16.9. The predicted octanol–water partition coefficient (Wildman–Crippen LogP) is 3.83. The van der Waals surface area contributed by atoms with Crippen LogP contribution in [0.15, 0.2) is 42.5 Å². The summed E-state index contributed by atoms with van der Waals surface area (Å²) in [5.41, 5.74) is 2.22. The van der Waals surface area contributed by atoms with Crippen LogP contribution in [0.25, 0.3) is 0 Å². The minimum atomic E-state index is -0.217. The van der Waals surface area contributed by atoms with Gasteiger partial charge in [0.25, 0.3) is 5.91 Å². The van der Waals surface area contributed by atoms with E-state index in [1.807, 2.05) is 24.3 Å². The van der Waals surface area contributed by atoms with Crippen molar-refractivity contribution in [2.75, 3.05) is 23.9 Å². The number of anilines is 2. The van der Waals surface area contributed by atoms with Crippen molar-refractivity contribution >= 4 is 34.8 Å². The molecule has 1 heterocycles. The standard InChI is InChI=1S/C20H19ClN2O3/c1-23-16-4-2-3-15(19(16)26-11-17(23)24)22-20(25)18(12-5-6-12)13-7-9-14(21)10-8-13/h2-4,7-10,12,18H,5-6,11H2,1H3,(H,22,25). The fraction of sp³-hybridized carbons (Fsp3) is 0.300. The maximum absolute atomic E-state index is 13.0. The summed E-state index contributed by atoms with van der Waals surface area (Å²) >= 11 is 5.98. The van der Waals surface area contributed by atoms with Crippen LogP contribution in [-0.2, 0) is 9.59 Å². The first-order valence-corrected chi connectivity index (χ1v) is 9.01. The molecule has 0 aromatic heterocycles. The molecule has 134 valence electrons. The second-order valence-corrected chi connectivity index (χ2v) is 7.19. The maximum Gasteiger partial charge on any atom is 0.264 e. The van der Waals surface area contributed by atoms with Crippen LogP contribution in [0.3, 0.4) is 0 Å². The van der Waals surface area contributed by atoms with Gasteiger partial charge >= 0.3 is 0 Å². The molecule has 1 fully saturated rings. The summed E-state index contributed by atoms with van der Waals surface area (Å²) in [4.78, 5) is 26.4. The predicted molar refractivity (Wildman–Crippen MR) is 101 cm³/mol. The highest BCUT2D eigenvalue weighted by Gasteiger charge is 2.38. The number of benzene rings is 2. The number of carbonyl (C=O) groups excluding carboxylic acids is 2. The summed E-state index contributed by atoms with van der Waals surface area (Å²) in [5.74, 6) is 0.491. The molecule has 2 aromatic rings. The van der Waals surface area contributed by atoms with E-state index in [1.54, 1.807) is 30.1 Å². The fourth-order valence-corrected chi connectivity index (χ4v) is 3.48. The first-order chi connectivity index (χ1) is 12.5. The van der Waals surface area contributed by atoms with Gasteiger partial charge < -0.3 is 15.0 Å². The lowest BCUT2D eigenvalue weighted by atomic mass is 9.93. The molecule has 0 spiro atoms. The van der Waals surface area contributed by atoms with Gasteiger partial charge in [-0.1, -0.05) is 29.8 Å². The Morgan fingerprint density at radius 1 is 1.23 bits per heavy atom. The number of hydrogen-bond acceptors (Lipinski definition) is 3. The number of likely N-dealkylation sites (N-methyl/N-ethyl adjacent to an activating group) is 1. The lowest BCUT2D eigenvalue weighted by molar-refractivity contribution is -0.121. The van der Waals surface area contributed by atoms with Crippen LogP contribution in [-0.4, -0.2) is 25.5 Å². The Bertz CT molecular complexity index is 862. The molecule has 2 aliphatic rings. The molecule has 2 amide bonds. The average molecular weight is 371 g/mol. The zero-order valence-electron chi connectivity index (χ0n) is 14.4. The Labute approximate surface area is 156 Å². The number of fused-ring (bicyclic) bond motifs is 1. The van der Waals surface area contributed by atoms with Crippen LogP contribution >= 0.6 is 11.6 Å². The van der Waals surface area contributed by atoms with E-state index < -0.39 is 0 Å². The Morgan fingerprint density at radius 2 is 1.96 bits per heavy atom. The molecular formula is C20H19ClN2O3. The van der Waals surface area contributed by atoms with E-state index in [0.717, 1.165) is 18.4 Å². The van der Waals surface area contributed by atoms with Crippen LogP contribution in [0.5, 0.6) is 5.75 Å². The summed E-state index contributed by atoms with van der Waals surface area (Å²) in [6, 6.07) is 12.9. The van der Waals surface area contributed by atoms with Crippen molar-refractivity contribution in [3.05, 3.63) is 53.1 Å². The molecule has 1 atom stereocenters. The van der Waals surface area contributed by atoms with E-state index >= 15 is 0 Å². The van der Waals surface area contributed by atoms with E-state index in [4.69, 9.17) is 16.3 Å². The highest BCUT2D eigenvalue weighted by atomic mass is 35.5. The highest BCUT2D eigenvalue weighted by molar-refractivity contribution is 6.30. The molecular weight excluding hydrogens is 352 g/mol. The SMILES string of the molecule is CN1C(=O)COc2c(NC(=O)C(c3ccc(Cl)cc3)C3CC3)cccc21. The second-order valence-electron chi connectivity index (χ2n) is 6.75. The van der Waals surface area contributed by atoms with Crippen LogP contribution in [0.4, 0.5) is 11.4 Å². The molecule has 4 rings (SSSR count). The molecule has 6 heteroatoms. The van der Waals surface area contributed by atoms with E-state index in [2.05, 4.69) is 5.32 Å². The zero-order valence-corrected chi connectivity index (χ0v) is 15.1. The third-order valence-corrected chi connectivity index (χ3v) is 5.18. The molecule has 0 radical (unpaired) electrons. The number of hydrogen-bond donors (Lipinski definition) is 1. The van der Waals surface area contributed by atoms with Gasteiger partial charge in [0.2, 0.25) is 5.91 Å². The van der Waals surface area contributed by atoms with E-state index in [0.29, 0.717) is 28.1 Å². The lowest BCUT2D eigenvalue weighted by Crippen LogP contribution is -2.36. The van der Waals surface area contributed by atoms with Crippen LogP contribution < -0.4 is 15.0 Å². The van der Waals surface area contributed by atoms with Crippen LogP contribution in [0, 0.1) is 5.92 Å². The number of halogens is 1. The summed E-state index contributed by atoms with van der Waals surface area (Å²) in [6.45, 7) is -0.0282. The van der Waals surface area contributed by atoms with Crippen LogP contribution in [0.1, 0.15) is 24.3 Å². The molecule has 1 saturated carbocycles. The van der Waals surface area contributed by atoms with Gasteiger partial charge in [0.1, 0.15) is 0 Å². The first-order valence-electron chi connectivity index (χ1n) is 8.63. The Balaban J connectivity index is 1.61. The molecule has 26 heavy (non-hydrogen) atoms. The van der Waals surface area contributed by atoms with E-state index in [9.17, 15) is 9.59 Å². The smallest absolute Gasteiger partial charge is 0.264 e. The monoisotopic (exact) mass is 370 g/mol. The number of para-hydroxylation sites is 1. The van der Waals surface area contributed by atoms with Gasteiger partial charge in [-0.2, -0.15) is 0 Å². The highest BCUT2D eigenvalue weighted by Crippen LogP contribution is 2.44. The number of nitrogens with zero attached hydrogens (tertiary/aromatic N) is 1. The number of carbonyl (C=O) groups is 2. The lowest BCUT2D eigenvalue weighted by Gasteiger charge is -2.28. The van der Waals surface area contributed by atoms with Crippen molar-refractivity contribution in [2.24, 2.45) is 5.92 Å². The fourth-order valence-electron chi connectivity index (χ4n) is 3.35. The summed E-state index contributed by atoms with van der Waals surface area (Å²) < 4.78 is 5.59. The van der Waals surface area contributed by atoms with Crippen molar-refractivity contribution in [2.45, 2.75) is 18.8 Å². The summed E-state index contributed by atoms with van der Waals surface area (Å²) in [6.07, 6.45) is 2.09. The van der Waals surface area contributed by atoms with Crippen molar-refractivity contribution in [3.63, 3.8) is 0 Å². The normalized spacial score (nSPS) is 17.3. The van der Waals surface area contributed by atoms with Gasteiger partial charge in [-0.3, -0.25) is 9.59 Å². The van der Waals surface area contributed by atoms with Gasteiger partial charge in [-0.05, 0) is 48.6 Å². The molecule has 0 saturated heterocycles. The molecule has 1 aliphatic carbocycles. The Kier molecular flexibility index (Phi) is 4.32. The van der Waals surface area contributed by atoms with Crippen LogP contribution in [0.2, 0.25) is 5.02 Å². The van der Waals surface area contributed by atoms with Crippen molar-refractivity contribution in [1.29, 1.82) is 0 Å². The topological polar surface area (TPSA) is 58.6 Å². The Morgan fingerprint density at radius 3 is 2.65 bits per heavy atom. The molecule has 1 unspecified atom stereocenters. The Hall–Kier alpha value is -2.53. The van der Waals surface area contributed by atoms with Gasteiger partial charge in [0.15, 0.2) is 12.4 Å². The molecule has 2 aromatic carbocycles. The van der Waals surface area contributed by atoms with Crippen molar-refractivity contribution in [3.8, 4) is 5.75 Å². The molecule has 1 N–H and O–H groups in total. The van der Waals surface area contributed by atoms with E-state index in [-0.39, 0.29) is 24.3 Å². The zero-order chi connectivity index (χ0) is 18.3. The summed E-state index contributed by atoms with van der Waals surface area (Å²) in [5, 5.41) is 3.66. The quantitative estimate of drug-likeness (QED) is 0.889. The largest absolute Gasteiger partial charge is 0.479 e. The van der Waals surface area contributed by atoms with E-state index in [1.165, 1.54) is 0 Å². The van der Waals surface area contributed by atoms with Crippen molar-refractivity contribution in [1.82, 2.24) is 0 Å². The second kappa shape index (κ2) is 6.65. The average Bonchev–Trinajstić information content (AvgIpc) is 3.45. The third kappa shape index (κ3) is 3.15. The van der Waals surface area contributed by atoms with Gasteiger partial charge in [-0.25, -0.2) is 0 Å². The molecule has 0 bridgehead atoms. The number of amides is 2. The van der Waals surface area contributed by atoms with Gasteiger partial charge in [-0.15, -0.1) is 0 Å². The summed E-state index contributed by atoms with van der Waals surface area (Å²) in [7, 11) is 1.70. The minimum absolute atomic E-state index is 0.0282. The maximum atomic E-state index is 13.0. The minimum Gasteiger partial charge on any atom is -0.479 e. The number of nitrogens with one attached hydrogen (secondary N) is 1. The van der Waals surface area contributed by atoms with Gasteiger partial charge in [0, 0.05) is 12.1 Å². The van der Waals surface area contributed by atoms with Crippen molar-refractivity contribution < 1.29 is 14.3 Å². The molecule has 1 aliphatic heterocycles.